The normalized spacial score (nSPS) is 14.6. The van der Waals surface area contributed by atoms with Crippen LogP contribution in [0.25, 0.3) is 0 Å². The fourth-order valence-electron chi connectivity index (χ4n) is 1.97. The van der Waals surface area contributed by atoms with Crippen molar-refractivity contribution >= 4 is 45.4 Å². The van der Waals surface area contributed by atoms with Crippen LogP contribution >= 0.6 is 34.3 Å². The largest absolute Gasteiger partial charge is 0.477 e. The smallest absolute Gasteiger partial charge is 0.349 e. The Balaban J connectivity index is 1.89. The monoisotopic (exact) mass is 300 g/mol. The van der Waals surface area contributed by atoms with Gasteiger partial charge in [-0.05, 0) is 23.4 Å². The van der Waals surface area contributed by atoms with E-state index in [0.717, 1.165) is 30.8 Å². The average Bonchev–Trinajstić information content (AvgIpc) is 2.93. The predicted octanol–water partition coefficient (Wildman–Crippen LogP) is 3.12. The number of anilines is 1. The van der Waals surface area contributed by atoms with E-state index >= 15 is 0 Å². The van der Waals surface area contributed by atoms with Crippen LogP contribution < -0.4 is 4.90 Å². The molecule has 3 rings (SSSR count). The summed E-state index contributed by atoms with van der Waals surface area (Å²) in [5.41, 5.74) is 1.30. The highest BCUT2D eigenvalue weighted by Crippen LogP contribution is 2.33. The molecule has 1 aliphatic rings. The number of carbonyl (C=O) groups is 1. The minimum Gasteiger partial charge on any atom is -0.477 e. The van der Waals surface area contributed by atoms with Crippen molar-refractivity contribution in [1.29, 1.82) is 0 Å². The zero-order valence-electron chi connectivity index (χ0n) is 9.22. The summed E-state index contributed by atoms with van der Waals surface area (Å²) in [5, 5.41) is 11.8. The molecule has 0 saturated heterocycles. The Morgan fingerprint density at radius 1 is 1.56 bits per heavy atom. The van der Waals surface area contributed by atoms with Gasteiger partial charge < -0.3 is 10.0 Å². The molecule has 0 aromatic carbocycles. The Morgan fingerprint density at radius 3 is 3.11 bits per heavy atom. The van der Waals surface area contributed by atoms with Crippen molar-refractivity contribution in [2.45, 2.75) is 13.0 Å². The molecular weight excluding hydrogens is 292 g/mol. The topological polar surface area (TPSA) is 53.4 Å². The van der Waals surface area contributed by atoms with Crippen LogP contribution in [0.15, 0.2) is 11.4 Å². The molecule has 0 amide bonds. The molecule has 4 nitrogen and oxygen atoms in total. The molecule has 0 spiro atoms. The SMILES string of the molecule is O=C(O)c1sc(N2CCc3sccc3C2)nc1Cl. The number of fused-ring (bicyclic) bond motifs is 1. The van der Waals surface area contributed by atoms with Crippen LogP contribution in [0.5, 0.6) is 0 Å². The third kappa shape index (κ3) is 2.00. The Kier molecular flexibility index (Phi) is 3.01. The molecule has 0 aliphatic carbocycles. The van der Waals surface area contributed by atoms with Gasteiger partial charge in [-0.1, -0.05) is 22.9 Å². The summed E-state index contributed by atoms with van der Waals surface area (Å²) in [5.74, 6) is -1.02. The van der Waals surface area contributed by atoms with Crippen LogP contribution in [0.1, 0.15) is 20.1 Å². The van der Waals surface area contributed by atoms with Gasteiger partial charge in [0.25, 0.3) is 0 Å². The van der Waals surface area contributed by atoms with Gasteiger partial charge in [-0.2, -0.15) is 0 Å². The zero-order chi connectivity index (χ0) is 12.7. The fraction of sp³-hybridized carbons (Fsp3) is 0.273. The van der Waals surface area contributed by atoms with Gasteiger partial charge >= 0.3 is 5.97 Å². The van der Waals surface area contributed by atoms with Crippen molar-refractivity contribution in [3.05, 3.63) is 31.9 Å². The summed E-state index contributed by atoms with van der Waals surface area (Å²) in [4.78, 5) is 18.7. The summed E-state index contributed by atoms with van der Waals surface area (Å²) in [6.45, 7) is 1.64. The predicted molar refractivity (Wildman–Crippen MR) is 73.2 cm³/mol. The number of aromatic carboxylic acids is 1. The Hall–Kier alpha value is -1.11. The molecule has 7 heteroatoms. The molecule has 0 atom stereocenters. The third-order valence-corrected chi connectivity index (χ3v) is 5.36. The third-order valence-electron chi connectivity index (χ3n) is 2.85. The highest BCUT2D eigenvalue weighted by molar-refractivity contribution is 7.18. The molecule has 0 unspecified atom stereocenters. The number of hydrogen-bond donors (Lipinski definition) is 1. The highest BCUT2D eigenvalue weighted by atomic mass is 35.5. The lowest BCUT2D eigenvalue weighted by molar-refractivity contribution is 0.0702. The summed E-state index contributed by atoms with van der Waals surface area (Å²) < 4.78 is 0. The molecule has 1 aliphatic heterocycles. The van der Waals surface area contributed by atoms with E-state index in [9.17, 15) is 4.79 Å². The molecule has 0 saturated carbocycles. The van der Waals surface area contributed by atoms with Crippen molar-refractivity contribution in [3.63, 3.8) is 0 Å². The summed E-state index contributed by atoms with van der Waals surface area (Å²) in [7, 11) is 0. The van der Waals surface area contributed by atoms with E-state index in [2.05, 4.69) is 21.3 Å². The summed E-state index contributed by atoms with van der Waals surface area (Å²) in [6.07, 6.45) is 0.979. The summed E-state index contributed by atoms with van der Waals surface area (Å²) in [6, 6.07) is 2.11. The number of thiazole rings is 1. The zero-order valence-corrected chi connectivity index (χ0v) is 11.6. The van der Waals surface area contributed by atoms with Gasteiger partial charge in [0, 0.05) is 18.0 Å². The maximum atomic E-state index is 10.9. The lowest BCUT2D eigenvalue weighted by Gasteiger charge is -2.26. The Labute approximate surface area is 116 Å². The average molecular weight is 301 g/mol. The van der Waals surface area contributed by atoms with Crippen LogP contribution in [0.4, 0.5) is 5.13 Å². The number of nitrogens with zero attached hydrogens (tertiary/aromatic N) is 2. The first-order valence-corrected chi connectivity index (χ1v) is 7.42. The molecular formula is C11H9ClN2O2S2. The molecule has 2 aromatic rings. The van der Waals surface area contributed by atoms with Gasteiger partial charge in [-0.15, -0.1) is 11.3 Å². The summed E-state index contributed by atoms with van der Waals surface area (Å²) >= 11 is 8.74. The van der Waals surface area contributed by atoms with Crippen LogP contribution in [0.2, 0.25) is 5.15 Å². The van der Waals surface area contributed by atoms with Gasteiger partial charge in [0.05, 0.1) is 0 Å². The molecule has 94 valence electrons. The highest BCUT2D eigenvalue weighted by Gasteiger charge is 2.23. The van der Waals surface area contributed by atoms with E-state index in [4.69, 9.17) is 16.7 Å². The molecule has 0 radical (unpaired) electrons. The second-order valence-electron chi connectivity index (χ2n) is 3.96. The van der Waals surface area contributed by atoms with E-state index < -0.39 is 5.97 Å². The van der Waals surface area contributed by atoms with Gasteiger partial charge in [-0.3, -0.25) is 0 Å². The Morgan fingerprint density at radius 2 is 2.39 bits per heavy atom. The standard InChI is InChI=1S/C11H9ClN2O2S2/c12-9-8(10(15)16)18-11(13-9)14-3-1-7-6(5-14)2-4-17-7/h2,4H,1,3,5H2,(H,15,16). The van der Waals surface area contributed by atoms with Gasteiger partial charge in [0.2, 0.25) is 0 Å². The first-order valence-electron chi connectivity index (χ1n) is 5.35. The number of halogens is 1. The number of carboxylic acid groups (broad SMARTS) is 1. The second-order valence-corrected chi connectivity index (χ2v) is 6.30. The van der Waals surface area contributed by atoms with E-state index in [0.29, 0.717) is 5.13 Å². The van der Waals surface area contributed by atoms with Crippen LogP contribution in [-0.4, -0.2) is 22.6 Å². The maximum Gasteiger partial charge on any atom is 0.349 e. The van der Waals surface area contributed by atoms with Crippen molar-refractivity contribution < 1.29 is 9.90 Å². The van der Waals surface area contributed by atoms with E-state index in [-0.39, 0.29) is 10.0 Å². The first-order chi connectivity index (χ1) is 8.65. The number of thiophene rings is 1. The van der Waals surface area contributed by atoms with Gasteiger partial charge in [0.15, 0.2) is 15.2 Å². The van der Waals surface area contributed by atoms with Crippen LogP contribution in [0, 0.1) is 0 Å². The molecule has 1 N–H and O–H groups in total. The number of aromatic nitrogens is 1. The van der Waals surface area contributed by atoms with Crippen LogP contribution in [-0.2, 0) is 13.0 Å². The lowest BCUT2D eigenvalue weighted by atomic mass is 10.1. The van der Waals surface area contributed by atoms with E-state index in [1.54, 1.807) is 11.3 Å². The van der Waals surface area contributed by atoms with Crippen molar-refractivity contribution in [2.24, 2.45) is 0 Å². The Bertz CT molecular complexity index is 608. The number of carboxylic acids is 1. The quantitative estimate of drug-likeness (QED) is 0.926. The van der Waals surface area contributed by atoms with Crippen molar-refractivity contribution in [1.82, 2.24) is 4.98 Å². The molecule has 0 bridgehead atoms. The van der Waals surface area contributed by atoms with Gasteiger partial charge in [-0.25, -0.2) is 9.78 Å². The number of rotatable bonds is 2. The van der Waals surface area contributed by atoms with Crippen LogP contribution in [0.3, 0.4) is 0 Å². The molecule has 2 aromatic heterocycles. The molecule has 18 heavy (non-hydrogen) atoms. The van der Waals surface area contributed by atoms with E-state index in [1.165, 1.54) is 10.4 Å². The second kappa shape index (κ2) is 4.53. The van der Waals surface area contributed by atoms with E-state index in [1.807, 2.05) is 0 Å². The maximum absolute atomic E-state index is 10.9. The van der Waals surface area contributed by atoms with Crippen molar-refractivity contribution in [3.8, 4) is 0 Å². The fourth-order valence-corrected chi connectivity index (χ4v) is 4.01. The minimum absolute atomic E-state index is 0.0821. The molecule has 3 heterocycles. The van der Waals surface area contributed by atoms with Gasteiger partial charge in [0.1, 0.15) is 0 Å². The minimum atomic E-state index is -1.02. The number of hydrogen-bond acceptors (Lipinski definition) is 5. The lowest BCUT2D eigenvalue weighted by Crippen LogP contribution is -2.29. The van der Waals surface area contributed by atoms with Crippen molar-refractivity contribution in [2.75, 3.05) is 11.4 Å². The molecule has 0 fully saturated rings. The first kappa shape index (κ1) is 12.0.